The highest BCUT2D eigenvalue weighted by Crippen LogP contribution is 2.38. The van der Waals surface area contributed by atoms with Gasteiger partial charge in [0.2, 0.25) is 0 Å². The number of rotatable bonds is 35. The van der Waals surface area contributed by atoms with Crippen LogP contribution in [0.25, 0.3) is 0 Å². The van der Waals surface area contributed by atoms with Gasteiger partial charge in [0.15, 0.2) is 0 Å². The van der Waals surface area contributed by atoms with Gasteiger partial charge in [-0.3, -0.25) is 0 Å². The van der Waals surface area contributed by atoms with Crippen LogP contribution in [0.5, 0.6) is 0 Å². The van der Waals surface area contributed by atoms with E-state index in [4.69, 9.17) is 28.4 Å². The lowest BCUT2D eigenvalue weighted by molar-refractivity contribution is -0.380. The van der Waals surface area contributed by atoms with Gasteiger partial charge in [0.1, 0.15) is 0 Å². The number of hydrogen-bond donors (Lipinski definition) is 0. The molecule has 0 fully saturated rings. The molecule has 3 aromatic carbocycles. The molecule has 0 saturated carbocycles. The molecule has 7 heteroatoms. The predicted octanol–water partition coefficient (Wildman–Crippen LogP) is 12.9. The minimum atomic E-state index is -0.878. The highest BCUT2D eigenvalue weighted by atomic mass is 31.1. The summed E-state index contributed by atoms with van der Waals surface area (Å²) in [5.41, 5.74) is 5.86. The molecule has 6 nitrogen and oxygen atoms in total. The van der Waals surface area contributed by atoms with Crippen molar-refractivity contribution >= 4 is 23.8 Å². The average molecular weight is 835 g/mol. The van der Waals surface area contributed by atoms with Gasteiger partial charge in [0, 0.05) is 52.5 Å². The fourth-order valence-electron chi connectivity index (χ4n) is 8.33. The highest BCUT2D eigenvalue weighted by Gasteiger charge is 2.33. The van der Waals surface area contributed by atoms with Gasteiger partial charge in [-0.05, 0) is 140 Å². The zero-order chi connectivity index (χ0) is 42.6. The van der Waals surface area contributed by atoms with Crippen LogP contribution in [0.4, 0.5) is 0 Å². The summed E-state index contributed by atoms with van der Waals surface area (Å²) < 4.78 is 35.5. The largest absolute Gasteiger partial charge is 0.328 e. The van der Waals surface area contributed by atoms with Crippen LogP contribution < -0.4 is 15.9 Å². The van der Waals surface area contributed by atoms with E-state index >= 15 is 0 Å². The maximum Gasteiger partial charge on any atom is 0.282 e. The minimum Gasteiger partial charge on any atom is -0.328 e. The second-order valence-corrected chi connectivity index (χ2v) is 17.8. The van der Waals surface area contributed by atoms with Gasteiger partial charge in [0.25, 0.3) is 11.9 Å². The maximum atomic E-state index is 5.92. The Kier molecular flexibility index (Phi) is 26.0. The van der Waals surface area contributed by atoms with Crippen LogP contribution >= 0.6 is 7.92 Å². The molecular weight excluding hydrogens is 752 g/mol. The van der Waals surface area contributed by atoms with E-state index in [0.29, 0.717) is 39.6 Å². The lowest BCUT2D eigenvalue weighted by atomic mass is 10.0. The quantitative estimate of drug-likeness (QED) is 0.0334. The maximum absolute atomic E-state index is 5.92. The van der Waals surface area contributed by atoms with Crippen LogP contribution in [-0.4, -0.2) is 51.6 Å². The van der Waals surface area contributed by atoms with E-state index in [9.17, 15) is 0 Å². The van der Waals surface area contributed by atoms with Gasteiger partial charge in [-0.15, -0.1) is 0 Å². The van der Waals surface area contributed by atoms with Crippen molar-refractivity contribution in [3.05, 3.63) is 89.0 Å². The molecule has 3 aromatic rings. The summed E-state index contributed by atoms with van der Waals surface area (Å²) in [5.74, 6) is -1.76. The van der Waals surface area contributed by atoms with Crippen molar-refractivity contribution in [1.82, 2.24) is 0 Å². The molecule has 0 bridgehead atoms. The van der Waals surface area contributed by atoms with Crippen LogP contribution in [0.1, 0.15) is 167 Å². The van der Waals surface area contributed by atoms with Crippen molar-refractivity contribution < 1.29 is 28.4 Å². The molecule has 0 radical (unpaired) electrons. The van der Waals surface area contributed by atoms with Crippen molar-refractivity contribution in [2.45, 2.75) is 183 Å². The molecule has 0 aliphatic carbocycles. The van der Waals surface area contributed by atoms with Crippen molar-refractivity contribution in [3.8, 4) is 0 Å². The normalized spacial score (nSPS) is 12.2. The Morgan fingerprint density at radius 1 is 0.373 bits per heavy atom. The molecule has 59 heavy (non-hydrogen) atoms. The molecule has 0 aromatic heterocycles. The molecular formula is C52H83O6P. The van der Waals surface area contributed by atoms with Crippen molar-refractivity contribution in [3.63, 3.8) is 0 Å². The van der Waals surface area contributed by atoms with Gasteiger partial charge in [-0.25, -0.2) is 0 Å². The lowest BCUT2D eigenvalue weighted by Gasteiger charge is -2.32. The van der Waals surface area contributed by atoms with Crippen molar-refractivity contribution in [2.24, 2.45) is 0 Å². The Morgan fingerprint density at radius 3 is 1.07 bits per heavy atom. The van der Waals surface area contributed by atoms with E-state index in [0.717, 1.165) is 38.5 Å². The van der Waals surface area contributed by atoms with E-state index in [-0.39, 0.29) is 0 Å². The third kappa shape index (κ3) is 17.6. The first kappa shape index (κ1) is 51.2. The summed E-state index contributed by atoms with van der Waals surface area (Å²) in [6, 6.07) is 25.7. The van der Waals surface area contributed by atoms with Gasteiger partial charge < -0.3 is 28.4 Å². The van der Waals surface area contributed by atoms with Crippen LogP contribution in [0.2, 0.25) is 0 Å². The molecule has 0 N–H and O–H groups in total. The van der Waals surface area contributed by atoms with E-state index in [1.807, 2.05) is 41.5 Å². The second kappa shape index (κ2) is 30.0. The summed E-state index contributed by atoms with van der Waals surface area (Å²) in [4.78, 5) is 0. The molecule has 0 unspecified atom stereocenters. The first-order valence-electron chi connectivity index (χ1n) is 23.7. The zero-order valence-electron chi connectivity index (χ0n) is 38.7. The summed E-state index contributed by atoms with van der Waals surface area (Å²) in [6.45, 7) is 20.2. The summed E-state index contributed by atoms with van der Waals surface area (Å²) in [7, 11) is -0.692. The molecule has 0 aliphatic heterocycles. The molecule has 0 saturated heterocycles. The SMILES string of the molecule is CCOC(CCCCCCCCCc1ccccc1P(c1ccccc1CCCCCCCCCC(OCC)(OCC)OCC)c1cccc(C)c1C)(OCC)OCC. The second-order valence-electron chi connectivity index (χ2n) is 15.7. The Morgan fingerprint density at radius 2 is 0.695 bits per heavy atom. The van der Waals surface area contributed by atoms with Gasteiger partial charge >= 0.3 is 0 Å². The molecule has 0 amide bonds. The lowest BCUT2D eigenvalue weighted by Crippen LogP contribution is -2.39. The average Bonchev–Trinajstić information content (AvgIpc) is 3.23. The number of hydrogen-bond acceptors (Lipinski definition) is 6. The van der Waals surface area contributed by atoms with Gasteiger partial charge in [-0.1, -0.05) is 131 Å². The zero-order valence-corrected chi connectivity index (χ0v) is 39.6. The van der Waals surface area contributed by atoms with Crippen LogP contribution in [0.15, 0.2) is 66.7 Å². The number of benzene rings is 3. The molecule has 0 aliphatic rings. The summed E-state index contributed by atoms with van der Waals surface area (Å²) >= 11 is 0. The third-order valence-corrected chi connectivity index (χ3v) is 14.1. The fourth-order valence-corrected chi connectivity index (χ4v) is 11.3. The number of aryl methyl sites for hydroxylation is 3. The van der Waals surface area contributed by atoms with Crippen LogP contribution in [0.3, 0.4) is 0 Å². The topological polar surface area (TPSA) is 55.4 Å². The Bertz CT molecular complexity index is 1400. The third-order valence-electron chi connectivity index (χ3n) is 11.3. The van der Waals surface area contributed by atoms with Gasteiger partial charge in [-0.2, -0.15) is 0 Å². The summed E-state index contributed by atoms with van der Waals surface area (Å²) in [5, 5.41) is 4.57. The molecule has 3 rings (SSSR count). The summed E-state index contributed by atoms with van der Waals surface area (Å²) in [6.07, 6.45) is 20.9. The Hall–Kier alpha value is -2.15. The molecule has 0 heterocycles. The minimum absolute atomic E-state index is 0.590. The van der Waals surface area contributed by atoms with E-state index < -0.39 is 19.9 Å². The van der Waals surface area contributed by atoms with Gasteiger partial charge in [0.05, 0.1) is 0 Å². The first-order chi connectivity index (χ1) is 28.8. The van der Waals surface area contributed by atoms with Crippen molar-refractivity contribution in [2.75, 3.05) is 39.6 Å². The van der Waals surface area contributed by atoms with E-state index in [2.05, 4.69) is 80.6 Å². The van der Waals surface area contributed by atoms with Crippen molar-refractivity contribution in [1.29, 1.82) is 0 Å². The van der Waals surface area contributed by atoms with E-state index in [1.54, 1.807) is 0 Å². The fraction of sp³-hybridized carbons (Fsp3) is 0.654. The van der Waals surface area contributed by atoms with E-state index in [1.165, 1.54) is 115 Å². The number of ether oxygens (including phenoxy) is 6. The van der Waals surface area contributed by atoms with Crippen LogP contribution in [-0.2, 0) is 41.3 Å². The van der Waals surface area contributed by atoms with Crippen LogP contribution in [0, 0.1) is 13.8 Å². The Labute approximate surface area is 362 Å². The predicted molar refractivity (Wildman–Crippen MR) is 251 cm³/mol. The monoisotopic (exact) mass is 835 g/mol. The molecule has 332 valence electrons. The first-order valence-corrected chi connectivity index (χ1v) is 25.0. The molecule has 0 spiro atoms. The number of unbranched alkanes of at least 4 members (excludes halogenated alkanes) is 12. The smallest absolute Gasteiger partial charge is 0.282 e. The molecule has 0 atom stereocenters. The standard InChI is InChI=1S/C52H83O6P/c1-9-53-51(54-10-2,55-11-3)42-31-23-19-15-17-21-25-35-46-37-27-29-39-49(46)59(48-41-33-34-44(7)45(48)8)50-40-30-28-38-47(50)36-26-22-18-16-20-24-32-43-52(56-12-4,57-13-5)58-14-6/h27-30,33-34,37-41H,9-26,31-32,35-36,42-43H2,1-8H3. The highest BCUT2D eigenvalue weighted by molar-refractivity contribution is 7.80. The Balaban J connectivity index is 1.58.